The van der Waals surface area contributed by atoms with E-state index in [9.17, 15) is 18.4 Å². The topological polar surface area (TPSA) is 61.9 Å². The van der Waals surface area contributed by atoms with E-state index in [1.807, 2.05) is 31.2 Å². The van der Waals surface area contributed by atoms with Crippen LogP contribution in [-0.4, -0.2) is 60.9 Å². The molecule has 0 saturated carbocycles. The Bertz CT molecular complexity index is 882. The van der Waals surface area contributed by atoms with Crippen molar-refractivity contribution in [3.63, 3.8) is 0 Å². The summed E-state index contributed by atoms with van der Waals surface area (Å²) in [6.07, 6.45) is 0. The van der Waals surface area contributed by atoms with Gasteiger partial charge in [-0.15, -0.1) is 0 Å². The number of hydrogen-bond acceptors (Lipinski definition) is 4. The van der Waals surface area contributed by atoms with Gasteiger partial charge in [0, 0.05) is 38.8 Å². The highest BCUT2D eigenvalue weighted by atomic mass is 19.1. The van der Waals surface area contributed by atoms with Gasteiger partial charge < -0.3 is 15.0 Å². The van der Waals surface area contributed by atoms with Crippen molar-refractivity contribution in [3.8, 4) is 5.75 Å². The number of hydrogen-bond donors (Lipinski definition) is 1. The molecule has 0 spiro atoms. The van der Waals surface area contributed by atoms with Crippen molar-refractivity contribution in [2.75, 3.05) is 39.3 Å². The van der Waals surface area contributed by atoms with Gasteiger partial charge in [-0.25, -0.2) is 8.78 Å². The van der Waals surface area contributed by atoms with Gasteiger partial charge in [0.1, 0.15) is 17.4 Å². The molecule has 1 N–H and O–H groups in total. The minimum atomic E-state index is -0.956. The van der Waals surface area contributed by atoms with Crippen LogP contribution in [0.1, 0.15) is 22.8 Å². The van der Waals surface area contributed by atoms with E-state index < -0.39 is 17.5 Å². The predicted molar refractivity (Wildman–Crippen MR) is 108 cm³/mol. The average molecular weight is 417 g/mol. The zero-order valence-corrected chi connectivity index (χ0v) is 16.9. The van der Waals surface area contributed by atoms with Crippen molar-refractivity contribution in [1.29, 1.82) is 0 Å². The SMILES string of the molecule is CCOc1ccc(CN2CCN(C(=O)CNC(=O)c3ccc(F)cc3F)CC2)cc1. The summed E-state index contributed by atoms with van der Waals surface area (Å²) < 4.78 is 32.0. The Kier molecular flexibility index (Phi) is 7.35. The summed E-state index contributed by atoms with van der Waals surface area (Å²) in [6, 6.07) is 10.7. The van der Waals surface area contributed by atoms with E-state index in [-0.39, 0.29) is 18.0 Å². The predicted octanol–water partition coefficient (Wildman–Crippen LogP) is 2.44. The van der Waals surface area contributed by atoms with Crippen LogP contribution in [0.25, 0.3) is 0 Å². The first kappa shape index (κ1) is 21.7. The highest BCUT2D eigenvalue weighted by molar-refractivity contribution is 5.96. The Morgan fingerprint density at radius 3 is 2.37 bits per heavy atom. The fraction of sp³-hybridized carbons (Fsp3) is 0.364. The molecular formula is C22H25F2N3O3. The molecule has 0 atom stereocenters. The van der Waals surface area contributed by atoms with E-state index in [0.29, 0.717) is 25.8 Å². The van der Waals surface area contributed by atoms with Crippen LogP contribution in [0.2, 0.25) is 0 Å². The Balaban J connectivity index is 1.43. The number of halogens is 2. The molecule has 1 aliphatic heterocycles. The van der Waals surface area contributed by atoms with E-state index in [4.69, 9.17) is 4.74 Å². The molecule has 1 fully saturated rings. The third-order valence-electron chi connectivity index (χ3n) is 4.94. The fourth-order valence-electron chi connectivity index (χ4n) is 3.31. The third-order valence-corrected chi connectivity index (χ3v) is 4.94. The smallest absolute Gasteiger partial charge is 0.254 e. The normalized spacial score (nSPS) is 14.4. The minimum Gasteiger partial charge on any atom is -0.494 e. The van der Waals surface area contributed by atoms with Crippen molar-refractivity contribution >= 4 is 11.8 Å². The molecule has 2 aromatic rings. The standard InChI is InChI=1S/C22H25F2N3O3/c1-2-30-18-6-3-16(4-7-18)15-26-9-11-27(12-10-26)21(28)14-25-22(29)19-8-5-17(23)13-20(19)24/h3-8,13H,2,9-12,14-15H2,1H3,(H,25,29). The van der Waals surface area contributed by atoms with Crippen LogP contribution in [0.4, 0.5) is 8.78 Å². The van der Waals surface area contributed by atoms with Gasteiger partial charge in [0.25, 0.3) is 5.91 Å². The van der Waals surface area contributed by atoms with E-state index in [1.165, 1.54) is 5.56 Å². The molecular weight excluding hydrogens is 392 g/mol. The first-order chi connectivity index (χ1) is 14.5. The number of carbonyl (C=O) groups excluding carboxylic acids is 2. The van der Waals surface area contributed by atoms with Crippen molar-refractivity contribution in [3.05, 3.63) is 65.2 Å². The number of benzene rings is 2. The molecule has 0 aromatic heterocycles. The average Bonchev–Trinajstić information content (AvgIpc) is 2.74. The monoisotopic (exact) mass is 417 g/mol. The zero-order chi connectivity index (χ0) is 21.5. The lowest BCUT2D eigenvalue weighted by Gasteiger charge is -2.34. The van der Waals surface area contributed by atoms with Crippen molar-refractivity contribution in [2.45, 2.75) is 13.5 Å². The largest absolute Gasteiger partial charge is 0.494 e. The summed E-state index contributed by atoms with van der Waals surface area (Å²) in [6.45, 7) is 5.69. The van der Waals surface area contributed by atoms with Gasteiger partial charge >= 0.3 is 0 Å². The van der Waals surface area contributed by atoms with Crippen molar-refractivity contribution in [1.82, 2.24) is 15.1 Å². The quantitative estimate of drug-likeness (QED) is 0.752. The Morgan fingerprint density at radius 1 is 1.03 bits per heavy atom. The Morgan fingerprint density at radius 2 is 1.73 bits per heavy atom. The molecule has 30 heavy (non-hydrogen) atoms. The molecule has 2 amide bonds. The Labute approximate surface area is 174 Å². The summed E-state index contributed by atoms with van der Waals surface area (Å²) in [4.78, 5) is 28.3. The van der Waals surface area contributed by atoms with Gasteiger partial charge in [0.15, 0.2) is 0 Å². The summed E-state index contributed by atoms with van der Waals surface area (Å²) >= 11 is 0. The molecule has 2 aromatic carbocycles. The summed E-state index contributed by atoms with van der Waals surface area (Å²) in [5, 5.41) is 2.40. The molecule has 0 radical (unpaired) electrons. The number of ether oxygens (including phenoxy) is 1. The molecule has 0 bridgehead atoms. The van der Waals surface area contributed by atoms with Gasteiger partial charge in [0.05, 0.1) is 18.7 Å². The van der Waals surface area contributed by atoms with Gasteiger partial charge in [0.2, 0.25) is 5.91 Å². The maximum absolute atomic E-state index is 13.7. The van der Waals surface area contributed by atoms with Crippen LogP contribution in [0.15, 0.2) is 42.5 Å². The number of amides is 2. The van der Waals surface area contributed by atoms with Crippen LogP contribution in [0, 0.1) is 11.6 Å². The molecule has 3 rings (SSSR count). The Hall–Kier alpha value is -3.00. The van der Waals surface area contributed by atoms with E-state index in [2.05, 4.69) is 10.2 Å². The van der Waals surface area contributed by atoms with Crippen LogP contribution in [-0.2, 0) is 11.3 Å². The number of nitrogens with zero attached hydrogens (tertiary/aromatic N) is 2. The molecule has 6 nitrogen and oxygen atoms in total. The van der Waals surface area contributed by atoms with Crippen LogP contribution in [0.5, 0.6) is 5.75 Å². The molecule has 8 heteroatoms. The van der Waals surface area contributed by atoms with Crippen molar-refractivity contribution in [2.24, 2.45) is 0 Å². The second-order valence-electron chi connectivity index (χ2n) is 7.04. The zero-order valence-electron chi connectivity index (χ0n) is 16.9. The van der Waals surface area contributed by atoms with Crippen LogP contribution < -0.4 is 10.1 Å². The maximum atomic E-state index is 13.7. The van der Waals surface area contributed by atoms with E-state index >= 15 is 0 Å². The van der Waals surface area contributed by atoms with E-state index in [0.717, 1.165) is 37.5 Å². The lowest BCUT2D eigenvalue weighted by Crippen LogP contribution is -2.50. The number of rotatable bonds is 7. The summed E-state index contributed by atoms with van der Waals surface area (Å²) in [5.41, 5.74) is 0.885. The molecule has 0 aliphatic carbocycles. The second kappa shape index (κ2) is 10.2. The van der Waals surface area contributed by atoms with Crippen LogP contribution >= 0.6 is 0 Å². The van der Waals surface area contributed by atoms with Gasteiger partial charge in [-0.1, -0.05) is 12.1 Å². The lowest BCUT2D eigenvalue weighted by atomic mass is 10.2. The number of piperazine rings is 1. The lowest BCUT2D eigenvalue weighted by molar-refractivity contribution is -0.131. The van der Waals surface area contributed by atoms with Crippen LogP contribution in [0.3, 0.4) is 0 Å². The maximum Gasteiger partial charge on any atom is 0.254 e. The second-order valence-corrected chi connectivity index (χ2v) is 7.04. The molecule has 1 saturated heterocycles. The number of nitrogens with one attached hydrogen (secondary N) is 1. The highest BCUT2D eigenvalue weighted by Gasteiger charge is 2.22. The molecule has 1 aliphatic rings. The third kappa shape index (κ3) is 5.76. The summed E-state index contributed by atoms with van der Waals surface area (Å²) in [5.74, 6) is -1.84. The van der Waals surface area contributed by atoms with Gasteiger partial charge in [-0.3, -0.25) is 14.5 Å². The first-order valence-electron chi connectivity index (χ1n) is 9.91. The molecule has 0 unspecified atom stereocenters. The van der Waals surface area contributed by atoms with Gasteiger partial charge in [-0.05, 0) is 36.8 Å². The van der Waals surface area contributed by atoms with Gasteiger partial charge in [-0.2, -0.15) is 0 Å². The molecule has 160 valence electrons. The molecule has 1 heterocycles. The first-order valence-corrected chi connectivity index (χ1v) is 9.91. The fourth-order valence-corrected chi connectivity index (χ4v) is 3.31. The highest BCUT2D eigenvalue weighted by Crippen LogP contribution is 2.15. The van der Waals surface area contributed by atoms with Crippen molar-refractivity contribution < 1.29 is 23.1 Å². The summed E-state index contributed by atoms with van der Waals surface area (Å²) in [7, 11) is 0. The minimum absolute atomic E-state index is 0.228. The van der Waals surface area contributed by atoms with E-state index in [1.54, 1.807) is 4.90 Å². The number of carbonyl (C=O) groups is 2.